The molecule has 40 heavy (non-hydrogen) atoms. The number of halogens is 1. The predicted octanol–water partition coefficient (Wildman–Crippen LogP) is 2.40. The van der Waals surface area contributed by atoms with Crippen LogP contribution in [0.25, 0.3) is 11.2 Å². The average Bonchev–Trinajstić information content (AvgIpc) is 3.57. The maximum Gasteiger partial charge on any atom is 0.345 e. The van der Waals surface area contributed by atoms with Gasteiger partial charge in [-0.1, -0.05) is 29.5 Å². The third-order valence-electron chi connectivity index (χ3n) is 8.13. The largest absolute Gasteiger partial charge is 0.390 e. The second-order valence-corrected chi connectivity index (χ2v) is 16.1. The zero-order valence-electron chi connectivity index (χ0n) is 21.9. The van der Waals surface area contributed by atoms with Crippen molar-refractivity contribution >= 4 is 43.8 Å². The lowest BCUT2D eigenvalue weighted by atomic mass is 10.1. The van der Waals surface area contributed by atoms with Crippen molar-refractivity contribution in [2.24, 2.45) is 5.92 Å². The zero-order valence-corrected chi connectivity index (χ0v) is 24.5. The molecule has 1 aromatic carbocycles. The van der Waals surface area contributed by atoms with Crippen molar-refractivity contribution in [2.45, 2.75) is 62.3 Å². The number of aryl methyl sites for hydroxylation is 1. The van der Waals surface area contributed by atoms with Gasteiger partial charge < -0.3 is 34.3 Å². The minimum absolute atomic E-state index is 0.0301. The fourth-order valence-corrected chi connectivity index (χ4v) is 7.73. The predicted molar refractivity (Wildman–Crippen MR) is 145 cm³/mol. The number of nitrogens with zero attached hydrogens (tertiary/aromatic N) is 6. The Labute approximate surface area is 234 Å². The second-order valence-electron chi connectivity index (χ2n) is 10.8. The third kappa shape index (κ3) is 4.89. The van der Waals surface area contributed by atoms with E-state index in [9.17, 15) is 34.0 Å². The number of aromatic nitrogens is 5. The van der Waals surface area contributed by atoms with Crippen molar-refractivity contribution in [1.82, 2.24) is 25.0 Å². The number of aliphatic hydroxyl groups excluding tert-OH is 2. The van der Waals surface area contributed by atoms with Gasteiger partial charge in [-0.05, 0) is 55.8 Å². The van der Waals surface area contributed by atoms with E-state index in [-0.39, 0.29) is 23.4 Å². The van der Waals surface area contributed by atoms with Gasteiger partial charge in [0.15, 0.2) is 21.9 Å². The molecule has 2 aromatic heterocycles. The highest BCUT2D eigenvalue weighted by molar-refractivity contribution is 7.72. The zero-order chi connectivity index (χ0) is 29.2. The molecule has 2 aliphatic carbocycles. The van der Waals surface area contributed by atoms with Gasteiger partial charge in [-0.15, -0.1) is 5.10 Å². The molecule has 14 nitrogen and oxygen atoms in total. The topological polar surface area (TPSA) is 204 Å². The molecule has 6 atom stereocenters. The molecule has 0 saturated heterocycles. The van der Waals surface area contributed by atoms with Gasteiger partial charge in [-0.2, -0.15) is 9.97 Å². The second kappa shape index (κ2) is 10.4. The van der Waals surface area contributed by atoms with E-state index in [0.717, 1.165) is 26.7 Å². The molecule has 5 N–H and O–H groups in total. The summed E-state index contributed by atoms with van der Waals surface area (Å²) in [5, 5.41) is 30.0. The van der Waals surface area contributed by atoms with Gasteiger partial charge in [-0.3, -0.25) is 9.13 Å². The van der Waals surface area contributed by atoms with Crippen LogP contribution in [-0.4, -0.2) is 80.6 Å². The summed E-state index contributed by atoms with van der Waals surface area (Å²) in [6.07, 6.45) is -0.933. The summed E-state index contributed by atoms with van der Waals surface area (Å²) in [7, 11) is -7.95. The fourth-order valence-electron chi connectivity index (χ4n) is 5.37. The van der Waals surface area contributed by atoms with Gasteiger partial charge in [0, 0.05) is 13.0 Å². The van der Waals surface area contributed by atoms with Gasteiger partial charge in [0.25, 0.3) is 0 Å². The van der Waals surface area contributed by atoms with E-state index in [0.29, 0.717) is 11.3 Å². The lowest BCUT2D eigenvalue weighted by molar-refractivity contribution is -0.00392. The number of anilines is 1. The third-order valence-corrected chi connectivity index (χ3v) is 13.2. The molecule has 2 aliphatic rings. The van der Waals surface area contributed by atoms with Gasteiger partial charge >= 0.3 is 15.2 Å². The van der Waals surface area contributed by atoms with Crippen LogP contribution in [0.5, 0.6) is 0 Å². The monoisotopic (exact) mass is 616 g/mol. The molecule has 1 saturated carbocycles. The minimum Gasteiger partial charge on any atom is -0.390 e. The summed E-state index contributed by atoms with van der Waals surface area (Å²) in [6.45, 7) is 1.32. The Hall–Kier alpha value is -1.99. The van der Waals surface area contributed by atoms with Crippen LogP contribution < -0.4 is 4.90 Å². The number of rotatable bonds is 8. The molecule has 218 valence electrons. The summed E-state index contributed by atoms with van der Waals surface area (Å²) < 4.78 is 30.8. The van der Waals surface area contributed by atoms with Crippen molar-refractivity contribution < 1.29 is 38.5 Å². The SMILES string of the molecule is CN(c1nc(Cl)nc2c1nnn2[C@@H]1C[C@H](COP(=O)(O)C(C)(C)P(=O)(O)O)[C@@H](O)[C@H]1O)[C@@H]1CCc2ccccc21. The van der Waals surface area contributed by atoms with Crippen molar-refractivity contribution in [3.05, 3.63) is 40.7 Å². The number of aliphatic hydroxyl groups is 2. The average molecular weight is 617 g/mol. The highest BCUT2D eigenvalue weighted by Crippen LogP contribution is 2.71. The van der Waals surface area contributed by atoms with Crippen LogP contribution in [0, 0.1) is 5.92 Å². The van der Waals surface area contributed by atoms with Crippen LogP contribution in [-0.2, 0) is 20.1 Å². The van der Waals surface area contributed by atoms with Crippen molar-refractivity contribution in [2.75, 3.05) is 18.6 Å². The maximum atomic E-state index is 12.7. The molecule has 17 heteroatoms. The van der Waals surface area contributed by atoms with E-state index in [2.05, 4.69) is 32.4 Å². The summed E-state index contributed by atoms with van der Waals surface area (Å²) in [5.74, 6) is -0.404. The molecule has 3 aromatic rings. The number of benzene rings is 1. The standard InChI is InChI=1S/C23H31ClN6O8P2/c1-23(2,39(33,34)35)40(36,37)38-11-13-10-16(19(32)18(13)31)30-21-17(27-28-30)20(25-22(24)26-21)29(3)15-9-8-12-6-4-5-7-14(12)15/h4-7,13,15-16,18-19,31-32H,8-11H2,1-3H3,(H,36,37)(H2,33,34,35)/t13-,15-,16-,18-,19+/m1/s1. The van der Waals surface area contributed by atoms with E-state index in [1.165, 1.54) is 15.8 Å². The van der Waals surface area contributed by atoms with E-state index < -0.39 is 50.9 Å². The Morgan fingerprint density at radius 1 is 1.15 bits per heavy atom. The smallest absolute Gasteiger partial charge is 0.345 e. The van der Waals surface area contributed by atoms with Gasteiger partial charge in [0.1, 0.15) is 6.10 Å². The van der Waals surface area contributed by atoms with Crippen LogP contribution in [0.1, 0.15) is 49.9 Å². The first-order valence-electron chi connectivity index (χ1n) is 12.6. The normalized spacial score (nSPS) is 26.7. The summed E-state index contributed by atoms with van der Waals surface area (Å²) in [4.78, 5) is 37.6. The van der Waals surface area contributed by atoms with Crippen molar-refractivity contribution in [1.29, 1.82) is 0 Å². The first kappa shape index (κ1) is 29.5. The van der Waals surface area contributed by atoms with Crippen LogP contribution >= 0.6 is 26.8 Å². The first-order chi connectivity index (χ1) is 18.6. The van der Waals surface area contributed by atoms with E-state index in [1.807, 2.05) is 24.1 Å². The van der Waals surface area contributed by atoms with E-state index in [4.69, 9.17) is 16.1 Å². The molecule has 0 aliphatic heterocycles. The van der Waals surface area contributed by atoms with Crippen molar-refractivity contribution in [3.63, 3.8) is 0 Å². The Kier molecular flexibility index (Phi) is 7.65. The molecule has 0 radical (unpaired) electrons. The van der Waals surface area contributed by atoms with E-state index in [1.54, 1.807) is 0 Å². The fraction of sp³-hybridized carbons (Fsp3) is 0.565. The molecule has 1 unspecified atom stereocenters. The Morgan fingerprint density at radius 2 is 1.85 bits per heavy atom. The Balaban J connectivity index is 1.40. The molecular formula is C23H31ClN6O8P2. The van der Waals surface area contributed by atoms with Crippen molar-refractivity contribution in [3.8, 4) is 0 Å². The summed E-state index contributed by atoms with van der Waals surface area (Å²) >= 11 is 6.31. The minimum atomic E-state index is -5.00. The molecule has 0 bridgehead atoms. The highest BCUT2D eigenvalue weighted by atomic mass is 35.5. The first-order valence-corrected chi connectivity index (χ1v) is 16.2. The van der Waals surface area contributed by atoms with Crippen LogP contribution in [0.2, 0.25) is 5.28 Å². The summed E-state index contributed by atoms with van der Waals surface area (Å²) in [6, 6.07) is 7.34. The molecule has 5 rings (SSSR count). The van der Waals surface area contributed by atoms with Gasteiger partial charge in [0.05, 0.1) is 24.8 Å². The molecule has 2 heterocycles. The van der Waals surface area contributed by atoms with Crippen LogP contribution in [0.15, 0.2) is 24.3 Å². The molecule has 0 spiro atoms. The molecule has 1 fully saturated rings. The van der Waals surface area contributed by atoms with E-state index >= 15 is 0 Å². The van der Waals surface area contributed by atoms with Gasteiger partial charge in [0.2, 0.25) is 5.28 Å². The van der Waals surface area contributed by atoms with Gasteiger partial charge in [-0.25, -0.2) is 4.68 Å². The maximum absolute atomic E-state index is 12.7. The number of hydrogen-bond donors (Lipinski definition) is 5. The highest BCUT2D eigenvalue weighted by Gasteiger charge is 2.55. The molecular weight excluding hydrogens is 586 g/mol. The quantitative estimate of drug-likeness (QED) is 0.182. The van der Waals surface area contributed by atoms with Crippen LogP contribution in [0.4, 0.5) is 5.82 Å². The van der Waals surface area contributed by atoms with Crippen LogP contribution in [0.3, 0.4) is 0 Å². The lowest BCUT2D eigenvalue weighted by Gasteiger charge is -2.30. The Morgan fingerprint density at radius 3 is 2.55 bits per heavy atom. The molecule has 0 amide bonds. The number of hydrogen-bond acceptors (Lipinski definition) is 10. The number of fused-ring (bicyclic) bond motifs is 2. The summed E-state index contributed by atoms with van der Waals surface area (Å²) in [5.41, 5.74) is 3.02. The lowest BCUT2D eigenvalue weighted by Crippen LogP contribution is -2.31. The Bertz CT molecular complexity index is 1530.